The van der Waals surface area contributed by atoms with Crippen molar-refractivity contribution in [2.45, 2.75) is 13.2 Å². The molecule has 0 N–H and O–H groups in total. The number of allylic oxidation sites excluding steroid dienone is 4. The average molecular weight is 1070 g/mol. The fourth-order valence-corrected chi connectivity index (χ4v) is 17.0. The van der Waals surface area contributed by atoms with E-state index in [9.17, 15) is 0 Å². The Morgan fingerprint density at radius 1 is 0.378 bits per heavy atom. The quantitative estimate of drug-likeness (QED) is 0.115. The summed E-state index contributed by atoms with van der Waals surface area (Å²) < 4.78 is 21.3. The summed E-state index contributed by atoms with van der Waals surface area (Å²) in [6.07, 6.45) is 8.72. The highest BCUT2D eigenvalue weighted by Gasteiger charge is 2.55. The second kappa shape index (κ2) is 19.6. The summed E-state index contributed by atoms with van der Waals surface area (Å²) in [7, 11) is -3.82. The molecule has 4 aliphatic rings. The molecule has 14 rings (SSSR count). The number of hydrogen-bond donors (Lipinski definition) is 0. The minimum absolute atomic E-state index is 0. The molecule has 0 aliphatic carbocycles. The number of rotatable bonds is 12. The number of halogens is 1. The number of aromatic nitrogens is 2. The first kappa shape index (κ1) is 46.7. The van der Waals surface area contributed by atoms with Crippen LogP contribution in [0.3, 0.4) is 0 Å². The van der Waals surface area contributed by atoms with Crippen molar-refractivity contribution < 1.29 is 21.5 Å². The Hall–Kier alpha value is -7.08. The Kier molecular flexibility index (Phi) is 12.4. The van der Waals surface area contributed by atoms with Crippen LogP contribution in [0.1, 0.15) is 43.4 Å². The Balaban J connectivity index is 0.00000528. The Bertz CT molecular complexity index is 3810. The van der Waals surface area contributed by atoms with Gasteiger partial charge in [-0.05, 0) is 118 Å². The van der Waals surface area contributed by atoms with E-state index in [4.69, 9.17) is 19.0 Å². The molecule has 0 fully saturated rings. The molecule has 6 nitrogen and oxygen atoms in total. The highest BCUT2D eigenvalue weighted by atomic mass is 35.5. The lowest BCUT2D eigenvalue weighted by Crippen LogP contribution is -3.00. The number of hydrogen-bond acceptors (Lipinski definition) is 8. The highest BCUT2D eigenvalue weighted by Crippen LogP contribution is 2.67. The first-order valence-corrected chi connectivity index (χ1v) is 29.0. The summed E-state index contributed by atoms with van der Waals surface area (Å²) in [5.41, 5.74) is 13.3. The van der Waals surface area contributed by atoms with E-state index in [2.05, 4.69) is 238 Å². The standard InChI is InChI=1S/C62H42N4O2PS4.ClH/c1-5-15-41(16-6-1)59-47-27-28-48(63-47)60(42-17-7-2-8-18-42)53-33-34-54-62(44-21-11-4-12-22-44)50-30-29-49(64-50)61(43-19-9-3-10-20-43)52-32-31-51(59)65(52)69(66(53)54,67-39-45-25-35-57(72-45)55-23-13-37-70-55)68-40-46-26-36-58(73-46)56-24-14-38-71-56;/h1-38H,39-40H2;1H/q+1;/p-1. The maximum absolute atomic E-state index is 8.20. The van der Waals surface area contributed by atoms with Gasteiger partial charge in [-0.1, -0.05) is 133 Å². The molecular weight excluding hydrogens is 1030 g/mol. The molecule has 358 valence electrons. The largest absolute Gasteiger partial charge is 1.00 e. The zero-order valence-electron chi connectivity index (χ0n) is 39.4. The summed E-state index contributed by atoms with van der Waals surface area (Å²) in [6.45, 7) is 0.550. The van der Waals surface area contributed by atoms with Gasteiger partial charge in [0, 0.05) is 51.6 Å². The monoisotopic (exact) mass is 1070 g/mol. The maximum Gasteiger partial charge on any atom is 0.498 e. The van der Waals surface area contributed by atoms with Gasteiger partial charge in [-0.15, -0.1) is 54.0 Å². The van der Waals surface area contributed by atoms with Crippen LogP contribution in [0.4, 0.5) is 0 Å². The molecule has 0 amide bonds. The smallest absolute Gasteiger partial charge is 0.498 e. The van der Waals surface area contributed by atoms with Crippen LogP contribution in [-0.4, -0.2) is 20.1 Å². The van der Waals surface area contributed by atoms with Crippen LogP contribution < -0.4 is 23.1 Å². The first-order chi connectivity index (χ1) is 36.2. The molecule has 74 heavy (non-hydrogen) atoms. The molecular formula is C62H42ClN4O2PS4. The number of fused-ring (bicyclic) bond motifs is 2. The lowest BCUT2D eigenvalue weighted by Gasteiger charge is -2.30. The molecule has 0 atom stereocenters. The van der Waals surface area contributed by atoms with Crippen LogP contribution in [0.25, 0.3) is 41.8 Å². The van der Waals surface area contributed by atoms with Crippen LogP contribution in [0.15, 0.2) is 251 Å². The molecule has 0 saturated carbocycles. The zero-order chi connectivity index (χ0) is 48.3. The lowest BCUT2D eigenvalue weighted by atomic mass is 10.0. The van der Waals surface area contributed by atoms with E-state index < -0.39 is 8.02 Å². The van der Waals surface area contributed by atoms with Crippen molar-refractivity contribution >= 4 is 87.1 Å². The normalized spacial score (nSPS) is 15.1. The minimum atomic E-state index is -3.82. The van der Waals surface area contributed by atoms with Crippen molar-refractivity contribution in [1.29, 1.82) is 0 Å². The van der Waals surface area contributed by atoms with Crippen molar-refractivity contribution in [3.8, 4) is 19.5 Å². The fourth-order valence-electron chi connectivity index (χ4n) is 10.2. The number of aliphatic imine (C=N–C) groups is 2. The topological polar surface area (TPSA) is 53.0 Å². The van der Waals surface area contributed by atoms with Crippen molar-refractivity contribution in [2.24, 2.45) is 9.98 Å². The Morgan fingerprint density at radius 3 is 1.18 bits per heavy atom. The van der Waals surface area contributed by atoms with E-state index in [1.54, 1.807) is 45.3 Å². The molecule has 0 saturated heterocycles. The minimum Gasteiger partial charge on any atom is -1.00 e. The van der Waals surface area contributed by atoms with E-state index in [0.717, 1.165) is 99.2 Å². The van der Waals surface area contributed by atoms with Gasteiger partial charge in [0.1, 0.15) is 13.2 Å². The molecule has 6 aromatic heterocycles. The van der Waals surface area contributed by atoms with Crippen molar-refractivity contribution in [2.75, 3.05) is 0 Å². The van der Waals surface area contributed by atoms with Crippen LogP contribution in [0.2, 0.25) is 0 Å². The second-order valence-electron chi connectivity index (χ2n) is 17.8. The third-order valence-electron chi connectivity index (χ3n) is 13.4. The lowest BCUT2D eigenvalue weighted by molar-refractivity contribution is -0.0000157. The third-order valence-corrected chi connectivity index (χ3v) is 20.4. The Labute approximate surface area is 451 Å². The van der Waals surface area contributed by atoms with Crippen LogP contribution in [0.5, 0.6) is 0 Å². The maximum atomic E-state index is 8.20. The predicted octanol–water partition coefficient (Wildman–Crippen LogP) is 12.3. The van der Waals surface area contributed by atoms with Gasteiger partial charge in [0.2, 0.25) is 0 Å². The Morgan fingerprint density at radius 2 is 0.784 bits per heavy atom. The molecule has 10 aromatic rings. The van der Waals surface area contributed by atoms with Crippen molar-refractivity contribution in [1.82, 2.24) is 8.68 Å². The predicted molar refractivity (Wildman–Crippen MR) is 307 cm³/mol. The first-order valence-electron chi connectivity index (χ1n) is 24.1. The van der Waals surface area contributed by atoms with Gasteiger partial charge in [0.05, 0.1) is 44.9 Å². The van der Waals surface area contributed by atoms with Gasteiger partial charge < -0.3 is 12.4 Å². The molecule has 0 radical (unpaired) electrons. The van der Waals surface area contributed by atoms with Crippen LogP contribution >= 0.6 is 53.4 Å². The number of benzene rings is 4. The van der Waals surface area contributed by atoms with Gasteiger partial charge in [-0.2, -0.15) is 9.05 Å². The van der Waals surface area contributed by atoms with E-state index in [0.29, 0.717) is 0 Å². The van der Waals surface area contributed by atoms with Gasteiger partial charge in [0.25, 0.3) is 0 Å². The second-order valence-corrected chi connectivity index (χ2v) is 24.3. The summed E-state index contributed by atoms with van der Waals surface area (Å²) >= 11 is 7.05. The van der Waals surface area contributed by atoms with Gasteiger partial charge >= 0.3 is 8.02 Å². The summed E-state index contributed by atoms with van der Waals surface area (Å²) in [5, 5.41) is 6.12. The summed E-state index contributed by atoms with van der Waals surface area (Å²) in [5.74, 6) is 0. The average Bonchev–Trinajstić information content (AvgIpc) is 4.30. The van der Waals surface area contributed by atoms with E-state index in [1.807, 2.05) is 0 Å². The van der Waals surface area contributed by atoms with E-state index in [-0.39, 0.29) is 25.6 Å². The highest BCUT2D eigenvalue weighted by molar-refractivity contribution is 7.63. The van der Waals surface area contributed by atoms with Crippen molar-refractivity contribution in [3.63, 3.8) is 0 Å². The zero-order valence-corrected chi connectivity index (χ0v) is 44.3. The summed E-state index contributed by atoms with van der Waals surface area (Å²) in [6, 6.07) is 69.2. The molecule has 4 aliphatic heterocycles. The van der Waals surface area contributed by atoms with Crippen LogP contribution in [-0.2, 0) is 22.3 Å². The molecule has 12 heteroatoms. The molecule has 0 spiro atoms. The SMILES string of the molecule is C1=CC2=C(c3ccccc3)c3ccc4n3[P+](OCc3ccc(-c5cccs5)s3)(OCc3ccc(-c5cccs5)s3)n3c(ccc3=C(c3ccccc3)C3=NC(=C4c4ccccc4)C=C3)=C(c3ccccc3)C1=N2.[Cl-]. The molecule has 10 heterocycles. The molecule has 4 aromatic carbocycles. The molecule has 6 bridgehead atoms. The van der Waals surface area contributed by atoms with Gasteiger partial charge in [-0.3, -0.25) is 0 Å². The van der Waals surface area contributed by atoms with Gasteiger partial charge in [-0.25, -0.2) is 9.98 Å². The molecule has 0 unspecified atom stereocenters. The number of thiophene rings is 4. The van der Waals surface area contributed by atoms with Crippen molar-refractivity contribution in [3.05, 3.63) is 295 Å². The number of nitrogens with zero attached hydrogens (tertiary/aromatic N) is 4. The third kappa shape index (κ3) is 8.10. The van der Waals surface area contributed by atoms with E-state index >= 15 is 0 Å². The van der Waals surface area contributed by atoms with Crippen LogP contribution in [0, 0.1) is 0 Å². The van der Waals surface area contributed by atoms with E-state index in [1.165, 1.54) is 19.5 Å². The summed E-state index contributed by atoms with van der Waals surface area (Å²) in [4.78, 5) is 18.4. The van der Waals surface area contributed by atoms with Gasteiger partial charge in [0.15, 0.2) is 0 Å². The fraction of sp³-hybridized carbons (Fsp3) is 0.0323.